The van der Waals surface area contributed by atoms with Crippen LogP contribution >= 0.6 is 31.9 Å². The molecule has 0 N–H and O–H groups in total. The highest BCUT2D eigenvalue weighted by molar-refractivity contribution is 9.13. The molecule has 3 rings (SSSR count). The van der Waals surface area contributed by atoms with Crippen molar-refractivity contribution in [3.8, 4) is 23.2 Å². The highest BCUT2D eigenvalue weighted by atomic mass is 79.9. The van der Waals surface area contributed by atoms with E-state index in [9.17, 15) is 13.2 Å². The Morgan fingerprint density at radius 1 is 1.14 bits per heavy atom. The van der Waals surface area contributed by atoms with Crippen LogP contribution in [0.3, 0.4) is 0 Å². The molecule has 0 atom stereocenters. The number of nitrogens with zero attached hydrogens (tertiary/aromatic N) is 3. The number of pyridine rings is 1. The molecule has 0 fully saturated rings. The van der Waals surface area contributed by atoms with Crippen molar-refractivity contribution in [2.24, 2.45) is 0 Å². The molecule has 0 amide bonds. The minimum atomic E-state index is -4.45. The quantitative estimate of drug-likeness (QED) is 0.567. The average molecular weight is 439 g/mol. The van der Waals surface area contributed by atoms with Gasteiger partial charge in [-0.1, -0.05) is 5.16 Å². The summed E-state index contributed by atoms with van der Waals surface area (Å²) in [5.74, 6) is 0.440. The molecule has 0 aliphatic carbocycles. The second-order valence-electron chi connectivity index (χ2n) is 4.08. The first kappa shape index (κ1) is 15.2. The summed E-state index contributed by atoms with van der Waals surface area (Å²) in [5.41, 5.74) is -0.692. The lowest BCUT2D eigenvalue weighted by atomic mass is 10.2. The molecule has 10 heteroatoms. The van der Waals surface area contributed by atoms with Gasteiger partial charge in [0.1, 0.15) is 12.0 Å². The highest BCUT2D eigenvalue weighted by Gasteiger charge is 2.31. The molecule has 0 aliphatic rings. The van der Waals surface area contributed by atoms with E-state index >= 15 is 0 Å². The Kier molecular flexibility index (Phi) is 3.81. The van der Waals surface area contributed by atoms with Gasteiger partial charge in [0.2, 0.25) is 11.6 Å². The van der Waals surface area contributed by atoms with Crippen LogP contribution in [-0.4, -0.2) is 15.1 Å². The average Bonchev–Trinajstić information content (AvgIpc) is 3.07. The Morgan fingerprint density at radius 3 is 2.45 bits per heavy atom. The van der Waals surface area contributed by atoms with Crippen LogP contribution in [0.4, 0.5) is 13.2 Å². The molecule has 5 nitrogen and oxygen atoms in total. The first-order chi connectivity index (χ1) is 10.4. The Bertz CT molecular complexity index is 812. The number of alkyl halides is 3. The van der Waals surface area contributed by atoms with E-state index in [1.54, 1.807) is 0 Å². The summed E-state index contributed by atoms with van der Waals surface area (Å²) >= 11 is 6.52. The lowest BCUT2D eigenvalue weighted by molar-refractivity contribution is -0.137. The van der Waals surface area contributed by atoms with Crippen molar-refractivity contribution in [3.05, 3.63) is 39.1 Å². The number of furan rings is 1. The molecule has 0 radical (unpaired) electrons. The van der Waals surface area contributed by atoms with E-state index in [0.29, 0.717) is 20.9 Å². The lowest BCUT2D eigenvalue weighted by Crippen LogP contribution is -2.05. The standard InChI is InChI=1S/C12H4Br2F3N3O2/c13-6-4-21-9(8(6)14)11-19-10(20-22-11)7-2-1-5(3-18-7)12(15,16)17/h1-4H. The van der Waals surface area contributed by atoms with Crippen LogP contribution in [0, 0.1) is 0 Å². The minimum Gasteiger partial charge on any atom is -0.457 e. The van der Waals surface area contributed by atoms with Gasteiger partial charge in [0.15, 0.2) is 0 Å². The zero-order valence-corrected chi connectivity index (χ0v) is 13.5. The number of hydrogen-bond donors (Lipinski definition) is 0. The summed E-state index contributed by atoms with van der Waals surface area (Å²) in [6, 6.07) is 2.07. The van der Waals surface area contributed by atoms with Crippen molar-refractivity contribution in [2.75, 3.05) is 0 Å². The molecule has 0 unspecified atom stereocenters. The Balaban J connectivity index is 1.92. The number of aromatic nitrogens is 3. The highest BCUT2D eigenvalue weighted by Crippen LogP contribution is 2.36. The molecule has 3 aromatic rings. The van der Waals surface area contributed by atoms with Crippen molar-refractivity contribution in [1.29, 1.82) is 0 Å². The normalized spacial score (nSPS) is 11.9. The predicted molar refractivity (Wildman–Crippen MR) is 75.6 cm³/mol. The van der Waals surface area contributed by atoms with Gasteiger partial charge in [0, 0.05) is 6.20 Å². The van der Waals surface area contributed by atoms with Gasteiger partial charge in [-0.2, -0.15) is 18.2 Å². The molecule has 0 aliphatic heterocycles. The van der Waals surface area contributed by atoms with Gasteiger partial charge in [0.05, 0.1) is 14.5 Å². The van der Waals surface area contributed by atoms with Crippen molar-refractivity contribution in [3.63, 3.8) is 0 Å². The predicted octanol–water partition coefficient (Wildman–Crippen LogP) is 4.94. The third kappa shape index (κ3) is 2.80. The molecule has 0 aromatic carbocycles. The topological polar surface area (TPSA) is 65.0 Å². The van der Waals surface area contributed by atoms with Crippen LogP contribution in [0.25, 0.3) is 23.2 Å². The van der Waals surface area contributed by atoms with Crippen molar-refractivity contribution < 1.29 is 22.1 Å². The summed E-state index contributed by atoms with van der Waals surface area (Å²) in [6.07, 6.45) is -2.30. The van der Waals surface area contributed by atoms with Crippen LogP contribution < -0.4 is 0 Å². The van der Waals surface area contributed by atoms with Crippen LogP contribution in [0.2, 0.25) is 0 Å². The van der Waals surface area contributed by atoms with E-state index in [1.165, 1.54) is 12.3 Å². The fourth-order valence-electron chi connectivity index (χ4n) is 1.58. The second-order valence-corrected chi connectivity index (χ2v) is 5.73. The van der Waals surface area contributed by atoms with Gasteiger partial charge in [-0.3, -0.25) is 4.98 Å². The fraction of sp³-hybridized carbons (Fsp3) is 0.0833. The van der Waals surface area contributed by atoms with Gasteiger partial charge in [-0.15, -0.1) is 0 Å². The van der Waals surface area contributed by atoms with E-state index < -0.39 is 11.7 Å². The van der Waals surface area contributed by atoms with Crippen LogP contribution in [0.1, 0.15) is 5.56 Å². The van der Waals surface area contributed by atoms with Gasteiger partial charge in [0.25, 0.3) is 5.89 Å². The maximum atomic E-state index is 12.5. The Hall–Kier alpha value is -1.68. The van der Waals surface area contributed by atoms with Gasteiger partial charge in [-0.05, 0) is 44.0 Å². The largest absolute Gasteiger partial charge is 0.457 e. The van der Waals surface area contributed by atoms with E-state index in [-0.39, 0.29) is 17.4 Å². The van der Waals surface area contributed by atoms with E-state index in [4.69, 9.17) is 8.94 Å². The summed E-state index contributed by atoms with van der Waals surface area (Å²) in [7, 11) is 0. The Morgan fingerprint density at radius 2 is 1.91 bits per heavy atom. The third-order valence-electron chi connectivity index (χ3n) is 2.63. The summed E-state index contributed by atoms with van der Waals surface area (Å²) in [4.78, 5) is 7.74. The van der Waals surface area contributed by atoms with E-state index in [1.807, 2.05) is 0 Å². The second kappa shape index (κ2) is 5.51. The number of rotatable bonds is 2. The van der Waals surface area contributed by atoms with Crippen LogP contribution in [0.15, 0.2) is 42.5 Å². The maximum Gasteiger partial charge on any atom is 0.417 e. The molecule has 0 saturated heterocycles. The Labute approximate surface area is 137 Å². The molecular weight excluding hydrogens is 435 g/mol. The molecule has 22 heavy (non-hydrogen) atoms. The number of halogens is 5. The monoisotopic (exact) mass is 437 g/mol. The van der Waals surface area contributed by atoms with Gasteiger partial charge >= 0.3 is 6.18 Å². The molecular formula is C12H4Br2F3N3O2. The molecule has 0 bridgehead atoms. The van der Waals surface area contributed by atoms with Crippen LogP contribution in [-0.2, 0) is 6.18 Å². The molecule has 0 saturated carbocycles. The lowest BCUT2D eigenvalue weighted by Gasteiger charge is -2.05. The zero-order valence-electron chi connectivity index (χ0n) is 10.4. The molecule has 3 aromatic heterocycles. The van der Waals surface area contributed by atoms with Gasteiger partial charge in [-0.25, -0.2) is 0 Å². The third-order valence-corrected chi connectivity index (χ3v) is 4.53. The zero-order chi connectivity index (χ0) is 15.9. The molecule has 114 valence electrons. The van der Waals surface area contributed by atoms with E-state index in [0.717, 1.165) is 6.07 Å². The summed E-state index contributed by atoms with van der Waals surface area (Å²) < 4.78 is 49.0. The van der Waals surface area contributed by atoms with Crippen LogP contribution in [0.5, 0.6) is 0 Å². The van der Waals surface area contributed by atoms with Crippen molar-refractivity contribution >= 4 is 31.9 Å². The SMILES string of the molecule is FC(F)(F)c1ccc(-c2noc(-c3occ(Br)c3Br)n2)nc1. The van der Waals surface area contributed by atoms with Crippen molar-refractivity contribution in [1.82, 2.24) is 15.1 Å². The fourth-order valence-corrected chi connectivity index (χ4v) is 2.21. The molecule has 0 spiro atoms. The van der Waals surface area contributed by atoms with E-state index in [2.05, 4.69) is 47.0 Å². The smallest absolute Gasteiger partial charge is 0.417 e. The first-order valence-electron chi connectivity index (χ1n) is 5.66. The summed E-state index contributed by atoms with van der Waals surface area (Å²) in [6.45, 7) is 0. The van der Waals surface area contributed by atoms with Gasteiger partial charge < -0.3 is 8.94 Å². The summed E-state index contributed by atoms with van der Waals surface area (Å²) in [5, 5.41) is 3.68. The maximum absolute atomic E-state index is 12.5. The number of hydrogen-bond acceptors (Lipinski definition) is 5. The minimum absolute atomic E-state index is 0.0585. The first-order valence-corrected chi connectivity index (χ1v) is 7.25. The van der Waals surface area contributed by atoms with Crippen molar-refractivity contribution in [2.45, 2.75) is 6.18 Å². The molecule has 3 heterocycles.